The number of ether oxygens (including phenoxy) is 10. The van der Waals surface area contributed by atoms with Crippen molar-refractivity contribution < 1.29 is 103 Å². The summed E-state index contributed by atoms with van der Waals surface area (Å²) in [5.41, 5.74) is 14.6. The van der Waals surface area contributed by atoms with Crippen molar-refractivity contribution in [2.45, 2.75) is 141 Å². The molecule has 9 amide bonds. The fraction of sp³-hybridized carbons (Fsp3) is 0.734. The van der Waals surface area contributed by atoms with E-state index in [4.69, 9.17) is 63.4 Å². The lowest BCUT2D eigenvalue weighted by Gasteiger charge is -2.27. The molecule has 34 heteroatoms. The number of hydrogen-bond donors (Lipinski definition) is 12. The van der Waals surface area contributed by atoms with Crippen molar-refractivity contribution in [1.29, 1.82) is 0 Å². The number of Topliss-reactive ketones (excluding diaryl/α,β-unsaturated/α-hetero) is 1. The summed E-state index contributed by atoms with van der Waals surface area (Å²) in [5.74, 6) is -4.42. The monoisotopic (exact) mass is 1420 g/mol. The molecular weight excluding hydrogens is 1310 g/mol. The maximum absolute atomic E-state index is 14.2. The molecule has 0 bridgehead atoms. The Balaban J connectivity index is 1.91. The largest absolute Gasteiger partial charge is 0.399 e. The van der Waals surface area contributed by atoms with Crippen LogP contribution in [0.1, 0.15) is 116 Å². The molecule has 1 aromatic carbocycles. The number of benzene rings is 1. The number of nitrogens with two attached hydrogens (primary N) is 2. The number of urea groups is 1. The van der Waals surface area contributed by atoms with Crippen molar-refractivity contribution in [3.05, 3.63) is 41.2 Å². The Labute approximate surface area is 576 Å². The third-order valence-electron chi connectivity index (χ3n) is 14.5. The Morgan fingerprint density at radius 2 is 1.07 bits per heavy atom. The minimum atomic E-state index is -4.14. The number of methoxy groups -OCH3 is 1. The summed E-state index contributed by atoms with van der Waals surface area (Å²) in [6.45, 7) is 10.3. The zero-order chi connectivity index (χ0) is 72.0. The number of primary amides is 1. The molecule has 0 radical (unpaired) electrons. The molecule has 14 N–H and O–H groups in total. The summed E-state index contributed by atoms with van der Waals surface area (Å²) in [6, 6.07) is 2.83. The smallest absolute Gasteiger partial charge is 0.312 e. The van der Waals surface area contributed by atoms with Crippen LogP contribution in [0, 0.1) is 5.92 Å². The molecule has 0 saturated heterocycles. The molecule has 0 aliphatic heterocycles. The second-order valence-corrected chi connectivity index (χ2v) is 24.7. The molecule has 33 nitrogen and oxygen atoms in total. The summed E-state index contributed by atoms with van der Waals surface area (Å²) in [6.07, 6.45) is 5.08. The Morgan fingerprint density at radius 3 is 1.64 bits per heavy atom. The molecule has 0 saturated carbocycles. The molecular formula is C64H111N11O22S. The van der Waals surface area contributed by atoms with Crippen LogP contribution < -0.4 is 59.3 Å². The summed E-state index contributed by atoms with van der Waals surface area (Å²) in [4.78, 5) is 114. The van der Waals surface area contributed by atoms with Gasteiger partial charge in [0, 0.05) is 76.9 Å². The van der Waals surface area contributed by atoms with Crippen molar-refractivity contribution in [2.75, 3.05) is 163 Å². The number of carbonyl (C=O) groups excluding carboxylic acids is 9. The van der Waals surface area contributed by atoms with Crippen LogP contribution in [-0.2, 0) is 102 Å². The lowest BCUT2D eigenvalue weighted by molar-refractivity contribution is -0.134. The summed E-state index contributed by atoms with van der Waals surface area (Å²) in [7, 11) is -2.57. The predicted molar refractivity (Wildman–Crippen MR) is 360 cm³/mol. The van der Waals surface area contributed by atoms with E-state index in [0.717, 1.165) is 30.5 Å². The summed E-state index contributed by atoms with van der Waals surface area (Å²) in [5, 5.41) is 25.0. The highest BCUT2D eigenvalue weighted by Gasteiger charge is 2.32. The maximum atomic E-state index is 14.2. The highest BCUT2D eigenvalue weighted by molar-refractivity contribution is 7.85. The average molecular weight is 1420 g/mol. The molecule has 560 valence electrons. The highest BCUT2D eigenvalue weighted by atomic mass is 32.2. The fourth-order valence-corrected chi connectivity index (χ4v) is 9.58. The van der Waals surface area contributed by atoms with Crippen LogP contribution in [-0.4, -0.2) is 248 Å². The first kappa shape index (κ1) is 87.4. The number of carbonyl (C=O) groups is 9. The Bertz CT molecular complexity index is 2610. The van der Waals surface area contributed by atoms with Gasteiger partial charge < -0.3 is 111 Å². The molecule has 1 unspecified atom stereocenters. The third-order valence-corrected chi connectivity index (χ3v) is 15.2. The van der Waals surface area contributed by atoms with Crippen LogP contribution in [0.4, 0.5) is 10.5 Å². The lowest BCUT2D eigenvalue weighted by atomic mass is 9.99. The van der Waals surface area contributed by atoms with Crippen LogP contribution >= 0.6 is 0 Å². The topological polar surface area (TPSA) is 461 Å². The molecule has 0 heterocycles. The molecule has 98 heavy (non-hydrogen) atoms. The van der Waals surface area contributed by atoms with E-state index >= 15 is 0 Å². The Kier molecular flexibility index (Phi) is 49.1. The molecule has 2 rings (SSSR count). The number of hydrogen-bond acceptors (Lipinski definition) is 23. The van der Waals surface area contributed by atoms with Crippen LogP contribution in [0.3, 0.4) is 0 Å². The molecule has 1 aliphatic rings. The second kappa shape index (κ2) is 55.1. The van der Waals surface area contributed by atoms with Crippen molar-refractivity contribution in [3.8, 4) is 0 Å². The van der Waals surface area contributed by atoms with E-state index in [2.05, 4.69) is 47.9 Å². The van der Waals surface area contributed by atoms with E-state index in [9.17, 15) is 51.6 Å². The molecule has 0 spiro atoms. The van der Waals surface area contributed by atoms with Crippen LogP contribution in [0.25, 0.3) is 0 Å². The number of nitrogens with one attached hydrogen (secondary N) is 9. The standard InChI is InChI=1S/C64H111N11O22S/c1-47(2)60(63(83)74-53(13-10-24-71-64(66)84)61(81)72-50-18-16-49(17-19-50)45-88-4)75-62(82)52(73-57(79)22-29-90-33-37-94-41-43-96-39-35-92-31-26-69-55(77)20-15-48(3)76)12-8-9-23-68-58(80)46-97-54-14-7-5-6-11-51(59(54)65)67-25-30-91-34-38-95-42-40-93-36-32-89-28-21-56(78)70-27-44-98(85,86)87/h16-19,47,52-54,60,67H,5-15,20-46,65H2,1-4H3,(H,68,80)(H,69,77)(H,70,78)(H,72,81)(H,73,79)(H,74,83)(H,75,82)(H3,66,71,84)(H,85,86,87)/b59-51-/t52-,53+,54?,60+/m1/s1. The molecule has 4 atom stereocenters. The third kappa shape index (κ3) is 46.6. The SMILES string of the molecule is COCc1ccc(NC(=O)[C@H](CCCNC(N)=O)NC(=O)[C@@H](NC(=O)[C@@H](CCCCNC(=O)COC2CCCCC/C(NCCOCCOCCOCCOCCC(=O)NCCS(=O)(=O)O)=C\2N)NC(=O)CCOCCOCCOCCOCCNC(=O)CCC(C)=O)C(C)C)cc1. The number of unbranched alkanes of at least 4 members (excludes halogenated alkanes) is 1. The first-order chi connectivity index (χ1) is 47.1. The van der Waals surface area contributed by atoms with Gasteiger partial charge in [-0.15, -0.1) is 0 Å². The van der Waals surface area contributed by atoms with Gasteiger partial charge in [-0.3, -0.25) is 38.1 Å². The van der Waals surface area contributed by atoms with Crippen molar-refractivity contribution in [1.82, 2.24) is 42.5 Å². The van der Waals surface area contributed by atoms with Gasteiger partial charge in [0.05, 0.1) is 130 Å². The van der Waals surface area contributed by atoms with Gasteiger partial charge in [-0.1, -0.05) is 38.8 Å². The summed E-state index contributed by atoms with van der Waals surface area (Å²) >= 11 is 0. The highest BCUT2D eigenvalue weighted by Crippen LogP contribution is 2.22. The number of ketones is 1. The lowest BCUT2D eigenvalue weighted by Crippen LogP contribution is -2.57. The quantitative estimate of drug-likeness (QED) is 0.0305. The van der Waals surface area contributed by atoms with Gasteiger partial charge in [0.15, 0.2) is 0 Å². The van der Waals surface area contributed by atoms with Crippen molar-refractivity contribution in [2.24, 2.45) is 17.4 Å². The van der Waals surface area contributed by atoms with E-state index in [-0.39, 0.29) is 128 Å². The Hall–Kier alpha value is -6.70. The minimum absolute atomic E-state index is 0.00610. The van der Waals surface area contributed by atoms with E-state index in [0.29, 0.717) is 123 Å². The normalized spacial score (nSPS) is 15.0. The molecule has 0 aromatic heterocycles. The van der Waals surface area contributed by atoms with Gasteiger partial charge in [-0.2, -0.15) is 8.42 Å². The maximum Gasteiger partial charge on any atom is 0.312 e. The van der Waals surface area contributed by atoms with E-state index < -0.39 is 81.6 Å². The van der Waals surface area contributed by atoms with E-state index in [1.54, 1.807) is 45.2 Å². The first-order valence-corrected chi connectivity index (χ1v) is 35.2. The number of rotatable bonds is 59. The zero-order valence-corrected chi connectivity index (χ0v) is 58.5. The first-order valence-electron chi connectivity index (χ1n) is 33.6. The van der Waals surface area contributed by atoms with Crippen LogP contribution in [0.5, 0.6) is 0 Å². The minimum Gasteiger partial charge on any atom is -0.399 e. The second-order valence-electron chi connectivity index (χ2n) is 23.2. The number of anilines is 1. The van der Waals surface area contributed by atoms with Crippen LogP contribution in [0.2, 0.25) is 0 Å². The van der Waals surface area contributed by atoms with Crippen LogP contribution in [0.15, 0.2) is 35.7 Å². The molecule has 1 aliphatic carbocycles. The predicted octanol–water partition coefficient (Wildman–Crippen LogP) is 0.128. The van der Waals surface area contributed by atoms with Gasteiger partial charge in [0.2, 0.25) is 41.4 Å². The van der Waals surface area contributed by atoms with Gasteiger partial charge in [0.1, 0.15) is 30.5 Å². The van der Waals surface area contributed by atoms with E-state index in [1.165, 1.54) is 6.92 Å². The van der Waals surface area contributed by atoms with Crippen molar-refractivity contribution in [3.63, 3.8) is 0 Å². The van der Waals surface area contributed by atoms with Crippen molar-refractivity contribution >= 4 is 69.0 Å². The van der Waals surface area contributed by atoms with Gasteiger partial charge >= 0.3 is 6.03 Å². The van der Waals surface area contributed by atoms with Gasteiger partial charge in [-0.25, -0.2) is 4.79 Å². The average Bonchev–Trinajstić information content (AvgIpc) is 0.911. The number of amides is 9. The Morgan fingerprint density at radius 1 is 0.551 bits per heavy atom. The zero-order valence-electron chi connectivity index (χ0n) is 57.6. The molecule has 0 fully saturated rings. The molecule has 1 aromatic rings. The fourth-order valence-electron chi connectivity index (χ4n) is 9.22. The number of allylic oxidation sites excluding steroid dienone is 1. The summed E-state index contributed by atoms with van der Waals surface area (Å²) < 4.78 is 85.6. The van der Waals surface area contributed by atoms with Gasteiger partial charge in [-0.05, 0) is 81.9 Å². The van der Waals surface area contributed by atoms with Gasteiger partial charge in [0.25, 0.3) is 10.1 Å². The van der Waals surface area contributed by atoms with E-state index in [1.807, 2.05) is 0 Å².